The van der Waals surface area contributed by atoms with Gasteiger partial charge in [0.1, 0.15) is 11.3 Å². The Labute approximate surface area is 256 Å². The number of carbonyl (C=O) groups is 2. The lowest BCUT2D eigenvalue weighted by Crippen LogP contribution is -2.46. The van der Waals surface area contributed by atoms with Crippen LogP contribution >= 0.6 is 0 Å². The molecule has 1 fully saturated rings. The highest BCUT2D eigenvalue weighted by Gasteiger charge is 2.32. The molecule has 1 aliphatic heterocycles. The third kappa shape index (κ3) is 7.51. The Morgan fingerprint density at radius 2 is 1.80 bits per heavy atom. The predicted octanol–water partition coefficient (Wildman–Crippen LogP) is 3.62. The molecule has 0 aliphatic carbocycles. The van der Waals surface area contributed by atoms with Crippen LogP contribution in [0.3, 0.4) is 0 Å². The molecule has 1 saturated heterocycles. The van der Waals surface area contributed by atoms with Crippen molar-refractivity contribution in [3.8, 4) is 22.8 Å². The molecule has 12 nitrogen and oxygen atoms in total. The van der Waals surface area contributed by atoms with Gasteiger partial charge in [0, 0.05) is 48.4 Å². The number of nitrogens with one attached hydrogen (secondary N) is 3. The molecule has 4 aromatic rings. The van der Waals surface area contributed by atoms with Gasteiger partial charge in [-0.05, 0) is 42.7 Å². The zero-order chi connectivity index (χ0) is 32.4. The molecule has 16 heteroatoms. The number of benzene rings is 2. The molecule has 0 saturated carbocycles. The van der Waals surface area contributed by atoms with E-state index >= 15 is 0 Å². The van der Waals surface area contributed by atoms with Crippen LogP contribution in [-0.4, -0.2) is 78.6 Å². The third-order valence-electron chi connectivity index (χ3n) is 7.30. The van der Waals surface area contributed by atoms with Gasteiger partial charge in [0.25, 0.3) is 11.8 Å². The highest BCUT2D eigenvalue weighted by Crippen LogP contribution is 2.29. The first kappa shape index (κ1) is 31.7. The van der Waals surface area contributed by atoms with Crippen LogP contribution < -0.4 is 20.1 Å². The summed E-state index contributed by atoms with van der Waals surface area (Å²) in [7, 11) is -1.94. The van der Waals surface area contributed by atoms with Gasteiger partial charge in [0.15, 0.2) is 5.69 Å². The molecular weight excluding hydrogens is 617 g/mol. The molecule has 0 unspecified atom stereocenters. The second-order valence-electron chi connectivity index (χ2n) is 10.4. The van der Waals surface area contributed by atoms with Gasteiger partial charge in [-0.1, -0.05) is 24.3 Å². The van der Waals surface area contributed by atoms with Gasteiger partial charge in [-0.2, -0.15) is 5.10 Å². The van der Waals surface area contributed by atoms with Crippen LogP contribution in [0.15, 0.2) is 54.7 Å². The zero-order valence-corrected chi connectivity index (χ0v) is 25.0. The third-order valence-corrected chi connectivity index (χ3v) is 8.60. The lowest BCUT2D eigenvalue weighted by atomic mass is 10.0. The summed E-state index contributed by atoms with van der Waals surface area (Å²) in [5, 5.41) is 13.1. The predicted molar refractivity (Wildman–Crippen MR) is 157 cm³/mol. The van der Waals surface area contributed by atoms with E-state index in [-0.39, 0.29) is 41.2 Å². The van der Waals surface area contributed by atoms with E-state index in [1.807, 2.05) is 0 Å². The van der Waals surface area contributed by atoms with Crippen molar-refractivity contribution in [2.45, 2.75) is 31.8 Å². The van der Waals surface area contributed by atoms with Gasteiger partial charge in [-0.15, -0.1) is 13.2 Å². The minimum Gasteiger partial charge on any atom is -0.480 e. The quantitative estimate of drug-likeness (QED) is 0.249. The number of methoxy groups -OCH3 is 1. The van der Waals surface area contributed by atoms with Crippen molar-refractivity contribution >= 4 is 32.7 Å². The number of aromatic amines is 1. The van der Waals surface area contributed by atoms with Crippen LogP contribution in [-0.2, 0) is 16.6 Å². The zero-order valence-electron chi connectivity index (χ0n) is 24.1. The fraction of sp³-hybridized carbons (Fsp3) is 0.310. The van der Waals surface area contributed by atoms with Crippen LogP contribution in [0.25, 0.3) is 22.0 Å². The summed E-state index contributed by atoms with van der Waals surface area (Å²) in [6.45, 7) is 0.397. The average molecular weight is 647 g/mol. The van der Waals surface area contributed by atoms with Gasteiger partial charge in [0.05, 0.1) is 18.9 Å². The maximum Gasteiger partial charge on any atom is 0.573 e. The van der Waals surface area contributed by atoms with Crippen LogP contribution in [0.1, 0.15) is 39.3 Å². The lowest BCUT2D eigenvalue weighted by Gasteiger charge is -2.30. The Kier molecular flexibility index (Phi) is 8.97. The van der Waals surface area contributed by atoms with E-state index in [2.05, 4.69) is 30.6 Å². The first-order valence-corrected chi connectivity index (χ1v) is 15.6. The maximum atomic E-state index is 13.1. The monoisotopic (exact) mass is 646 g/mol. The number of H-pyrrole nitrogens is 1. The molecule has 3 heterocycles. The van der Waals surface area contributed by atoms with E-state index in [9.17, 15) is 31.2 Å². The van der Waals surface area contributed by atoms with Crippen molar-refractivity contribution < 1.29 is 40.7 Å². The Bertz CT molecular complexity index is 1840. The van der Waals surface area contributed by atoms with Gasteiger partial charge in [-0.25, -0.2) is 17.7 Å². The van der Waals surface area contributed by atoms with E-state index in [1.165, 1.54) is 41.9 Å². The van der Waals surface area contributed by atoms with Crippen LogP contribution in [0.4, 0.5) is 13.2 Å². The van der Waals surface area contributed by atoms with Crippen LogP contribution in [0.5, 0.6) is 11.6 Å². The molecule has 5 rings (SSSR count). The average Bonchev–Trinajstić information content (AvgIpc) is 3.43. The molecular formula is C29H29F3N6O6S. The smallest absolute Gasteiger partial charge is 0.480 e. The van der Waals surface area contributed by atoms with E-state index in [0.717, 1.165) is 12.3 Å². The van der Waals surface area contributed by atoms with Crippen molar-refractivity contribution in [1.82, 2.24) is 30.1 Å². The molecule has 0 radical (unpaired) electrons. The van der Waals surface area contributed by atoms with Crippen molar-refractivity contribution in [1.29, 1.82) is 0 Å². The topological polar surface area (TPSA) is 156 Å². The number of carbonyl (C=O) groups excluding carboxylic acids is 2. The number of alkyl halides is 3. The SMILES string of the molecule is COc1ncc(-c2ccc3c(C(=O)NC4CCN(S(C)(=O)=O)CC4)n[nH]c3c2)cc1C(=O)NCc1ccccc1OC(F)(F)F. The second kappa shape index (κ2) is 12.7. The largest absolute Gasteiger partial charge is 0.573 e. The molecule has 0 atom stereocenters. The molecule has 2 amide bonds. The first-order valence-electron chi connectivity index (χ1n) is 13.7. The number of rotatable bonds is 9. The summed E-state index contributed by atoms with van der Waals surface area (Å²) >= 11 is 0. The Morgan fingerprint density at radius 1 is 1.07 bits per heavy atom. The fourth-order valence-corrected chi connectivity index (χ4v) is 5.91. The van der Waals surface area contributed by atoms with Gasteiger partial charge >= 0.3 is 6.36 Å². The first-order chi connectivity index (χ1) is 21.3. The summed E-state index contributed by atoms with van der Waals surface area (Å²) in [4.78, 5) is 30.3. The minimum absolute atomic E-state index is 0.0139. The fourth-order valence-electron chi connectivity index (χ4n) is 5.04. The molecule has 0 spiro atoms. The van der Waals surface area contributed by atoms with Gasteiger partial charge in [-0.3, -0.25) is 14.7 Å². The Morgan fingerprint density at radius 3 is 2.49 bits per heavy atom. The highest BCUT2D eigenvalue weighted by atomic mass is 32.2. The Hall–Kier alpha value is -4.70. The van der Waals surface area contributed by atoms with E-state index in [0.29, 0.717) is 48.0 Å². The van der Waals surface area contributed by atoms with Gasteiger partial charge in [0.2, 0.25) is 15.9 Å². The summed E-state index contributed by atoms with van der Waals surface area (Å²) in [6.07, 6.45) is -1.26. The number of nitrogens with zero attached hydrogens (tertiary/aromatic N) is 3. The van der Waals surface area contributed by atoms with E-state index < -0.39 is 28.0 Å². The molecule has 2 aromatic carbocycles. The number of piperidine rings is 1. The normalized spacial score (nSPS) is 14.7. The number of hydrogen-bond donors (Lipinski definition) is 3. The van der Waals surface area contributed by atoms with Crippen LogP contribution in [0.2, 0.25) is 0 Å². The standard InChI is InChI=1S/C29H29F3N6O6S/c1-43-28-22(26(39)33-15-18-5-3-4-6-24(18)44-29(30,31)32)13-19(16-34-28)17-7-8-21-23(14-17)36-37-25(21)27(40)35-20-9-11-38(12-10-20)45(2,41)42/h3-8,13-14,16,20H,9-12,15H2,1-2H3,(H,33,39)(H,35,40)(H,36,37). The van der Waals surface area contributed by atoms with Crippen molar-refractivity contribution in [2.75, 3.05) is 26.5 Å². The van der Waals surface area contributed by atoms with Crippen molar-refractivity contribution in [3.63, 3.8) is 0 Å². The number of amides is 2. The molecule has 0 bridgehead atoms. The van der Waals surface area contributed by atoms with Crippen LogP contribution in [0, 0.1) is 0 Å². The summed E-state index contributed by atoms with van der Waals surface area (Å²) in [6, 6.07) is 12.0. The van der Waals surface area contributed by atoms with E-state index in [1.54, 1.807) is 18.2 Å². The maximum absolute atomic E-state index is 13.1. The number of fused-ring (bicyclic) bond motifs is 1. The number of aromatic nitrogens is 3. The number of para-hydroxylation sites is 1. The molecule has 238 valence electrons. The summed E-state index contributed by atoms with van der Waals surface area (Å²) in [5.41, 5.74) is 2.07. The van der Waals surface area contributed by atoms with Crippen molar-refractivity contribution in [3.05, 3.63) is 71.5 Å². The number of ether oxygens (including phenoxy) is 2. The second-order valence-corrected chi connectivity index (χ2v) is 12.3. The number of sulfonamides is 1. The lowest BCUT2D eigenvalue weighted by molar-refractivity contribution is -0.274. The van der Waals surface area contributed by atoms with E-state index in [4.69, 9.17) is 4.74 Å². The van der Waals surface area contributed by atoms with Gasteiger partial charge < -0.3 is 20.1 Å². The summed E-state index contributed by atoms with van der Waals surface area (Å²) < 4.78 is 72.6. The highest BCUT2D eigenvalue weighted by molar-refractivity contribution is 7.88. The minimum atomic E-state index is -4.89. The molecule has 1 aliphatic rings. The number of halogens is 3. The number of pyridine rings is 1. The molecule has 3 N–H and O–H groups in total. The number of hydrogen-bond acceptors (Lipinski definition) is 8. The molecule has 45 heavy (non-hydrogen) atoms. The van der Waals surface area contributed by atoms with Crippen molar-refractivity contribution in [2.24, 2.45) is 0 Å². The molecule has 2 aromatic heterocycles. The Balaban J connectivity index is 1.30. The summed E-state index contributed by atoms with van der Waals surface area (Å²) in [5.74, 6) is -1.44.